The van der Waals surface area contributed by atoms with Crippen LogP contribution in [0.25, 0.3) is 11.2 Å². The highest BCUT2D eigenvalue weighted by Gasteiger charge is 2.19. The number of aryl methyl sites for hydroxylation is 2. The summed E-state index contributed by atoms with van der Waals surface area (Å²) in [4.78, 5) is 29.9. The van der Waals surface area contributed by atoms with E-state index in [1.165, 1.54) is 35.5 Å². The van der Waals surface area contributed by atoms with Crippen LogP contribution in [0.3, 0.4) is 0 Å². The third-order valence-electron chi connectivity index (χ3n) is 5.02. The first-order valence-corrected chi connectivity index (χ1v) is 10.4. The van der Waals surface area contributed by atoms with Gasteiger partial charge in [-0.1, -0.05) is 53.7 Å². The van der Waals surface area contributed by atoms with Gasteiger partial charge in [-0.25, -0.2) is 14.2 Å². The lowest BCUT2D eigenvalue weighted by atomic mass is 10.1. The molecular weight excluding hydrogens is 403 g/mol. The molecule has 2 aromatic heterocycles. The SMILES string of the molecule is Cc1cccc(Cn2c(SCc3ccc(F)cc3)nc3c2c(=O)n(C)c(=O)n3C)c1. The van der Waals surface area contributed by atoms with Gasteiger partial charge in [-0.15, -0.1) is 0 Å². The van der Waals surface area contributed by atoms with Gasteiger partial charge >= 0.3 is 5.69 Å². The fraction of sp³-hybridized carbons (Fsp3) is 0.227. The van der Waals surface area contributed by atoms with Gasteiger partial charge in [-0.2, -0.15) is 0 Å². The fourth-order valence-electron chi connectivity index (χ4n) is 3.40. The second-order valence-electron chi connectivity index (χ2n) is 7.26. The van der Waals surface area contributed by atoms with Crippen molar-refractivity contribution in [1.82, 2.24) is 18.7 Å². The summed E-state index contributed by atoms with van der Waals surface area (Å²) in [5.74, 6) is 0.278. The third kappa shape index (κ3) is 3.70. The van der Waals surface area contributed by atoms with Crippen molar-refractivity contribution in [3.63, 3.8) is 0 Å². The van der Waals surface area contributed by atoms with Crippen molar-refractivity contribution in [3.05, 3.63) is 91.9 Å². The van der Waals surface area contributed by atoms with Gasteiger partial charge in [0.25, 0.3) is 5.56 Å². The molecule has 2 heterocycles. The summed E-state index contributed by atoms with van der Waals surface area (Å²) in [5, 5.41) is 0.633. The molecule has 0 bridgehead atoms. The first-order valence-electron chi connectivity index (χ1n) is 9.44. The van der Waals surface area contributed by atoms with Crippen LogP contribution in [0.15, 0.2) is 63.3 Å². The summed E-state index contributed by atoms with van der Waals surface area (Å²) in [6, 6.07) is 14.4. The monoisotopic (exact) mass is 424 g/mol. The van der Waals surface area contributed by atoms with E-state index in [9.17, 15) is 14.0 Å². The number of imidazole rings is 1. The first kappa shape index (κ1) is 20.2. The van der Waals surface area contributed by atoms with E-state index in [1.807, 2.05) is 29.7 Å². The van der Waals surface area contributed by atoms with Gasteiger partial charge in [-0.05, 0) is 30.2 Å². The Bertz CT molecular complexity index is 1350. The Balaban J connectivity index is 1.84. The number of hydrogen-bond donors (Lipinski definition) is 0. The average molecular weight is 425 g/mol. The molecule has 0 atom stereocenters. The number of nitrogens with zero attached hydrogens (tertiary/aromatic N) is 4. The maximum Gasteiger partial charge on any atom is 0.332 e. The van der Waals surface area contributed by atoms with Gasteiger partial charge in [0.15, 0.2) is 16.3 Å². The molecule has 8 heteroatoms. The molecule has 0 spiro atoms. The van der Waals surface area contributed by atoms with Crippen molar-refractivity contribution in [1.29, 1.82) is 0 Å². The third-order valence-corrected chi connectivity index (χ3v) is 6.06. The Morgan fingerprint density at radius 1 is 1.00 bits per heavy atom. The predicted molar refractivity (Wildman–Crippen MR) is 116 cm³/mol. The van der Waals surface area contributed by atoms with Gasteiger partial charge in [0, 0.05) is 19.8 Å². The van der Waals surface area contributed by atoms with Crippen LogP contribution in [0, 0.1) is 12.7 Å². The van der Waals surface area contributed by atoms with Crippen LogP contribution < -0.4 is 11.2 Å². The predicted octanol–water partition coefficient (Wildman–Crippen LogP) is 3.22. The standard InChI is InChI=1S/C22H21FN4O2S/c1-14-5-4-6-16(11-14)12-27-18-19(25(2)22(29)26(3)20(18)28)24-21(27)30-13-15-7-9-17(23)10-8-15/h4-11H,12-13H2,1-3H3. The highest BCUT2D eigenvalue weighted by molar-refractivity contribution is 7.98. The van der Waals surface area contributed by atoms with E-state index in [-0.39, 0.29) is 11.4 Å². The molecule has 0 fully saturated rings. The number of rotatable bonds is 5. The number of fused-ring (bicyclic) bond motifs is 1. The van der Waals surface area contributed by atoms with Crippen molar-refractivity contribution in [2.24, 2.45) is 14.1 Å². The number of benzene rings is 2. The quantitative estimate of drug-likeness (QED) is 0.462. The minimum absolute atomic E-state index is 0.283. The zero-order valence-corrected chi connectivity index (χ0v) is 17.7. The molecule has 6 nitrogen and oxygen atoms in total. The summed E-state index contributed by atoms with van der Waals surface area (Å²) in [6.45, 7) is 2.47. The van der Waals surface area contributed by atoms with E-state index in [0.29, 0.717) is 28.6 Å². The number of aromatic nitrogens is 4. The normalized spacial score (nSPS) is 11.3. The second kappa shape index (κ2) is 7.95. The largest absolute Gasteiger partial charge is 0.332 e. The number of hydrogen-bond acceptors (Lipinski definition) is 4. The van der Waals surface area contributed by atoms with Crippen LogP contribution in [-0.2, 0) is 26.4 Å². The van der Waals surface area contributed by atoms with Crippen LogP contribution in [-0.4, -0.2) is 18.7 Å². The van der Waals surface area contributed by atoms with E-state index >= 15 is 0 Å². The molecule has 0 N–H and O–H groups in total. The molecular formula is C22H21FN4O2S. The maximum atomic E-state index is 13.2. The molecule has 0 aliphatic heterocycles. The average Bonchev–Trinajstić information content (AvgIpc) is 3.08. The van der Waals surface area contributed by atoms with Crippen molar-refractivity contribution >= 4 is 22.9 Å². The zero-order chi connectivity index (χ0) is 21.4. The minimum atomic E-state index is -0.414. The summed E-state index contributed by atoms with van der Waals surface area (Å²) in [6.07, 6.45) is 0. The maximum absolute atomic E-state index is 13.2. The van der Waals surface area contributed by atoms with E-state index < -0.39 is 5.69 Å². The molecule has 0 unspecified atom stereocenters. The fourth-order valence-corrected chi connectivity index (χ4v) is 4.36. The van der Waals surface area contributed by atoms with Gasteiger partial charge in [0.2, 0.25) is 0 Å². The molecule has 154 valence electrons. The Morgan fingerprint density at radius 3 is 2.43 bits per heavy atom. The highest BCUT2D eigenvalue weighted by Crippen LogP contribution is 2.26. The van der Waals surface area contributed by atoms with Gasteiger partial charge in [0.05, 0.1) is 6.54 Å². The molecule has 30 heavy (non-hydrogen) atoms. The van der Waals surface area contributed by atoms with Crippen molar-refractivity contribution in [2.75, 3.05) is 0 Å². The van der Waals surface area contributed by atoms with E-state index in [1.54, 1.807) is 19.2 Å². The smallest absolute Gasteiger partial charge is 0.309 e. The van der Waals surface area contributed by atoms with Crippen molar-refractivity contribution < 1.29 is 4.39 Å². The van der Waals surface area contributed by atoms with Crippen molar-refractivity contribution in [2.45, 2.75) is 24.4 Å². The van der Waals surface area contributed by atoms with E-state index in [4.69, 9.17) is 0 Å². The van der Waals surface area contributed by atoms with Crippen LogP contribution in [0.1, 0.15) is 16.7 Å². The molecule has 4 rings (SSSR count). The second-order valence-corrected chi connectivity index (χ2v) is 8.21. The van der Waals surface area contributed by atoms with Gasteiger partial charge in [0.1, 0.15) is 5.82 Å². The van der Waals surface area contributed by atoms with Crippen LogP contribution >= 0.6 is 11.8 Å². The Labute approximate surface area is 176 Å². The van der Waals surface area contributed by atoms with Crippen LogP contribution in [0.2, 0.25) is 0 Å². The Hall–Kier alpha value is -3.13. The zero-order valence-electron chi connectivity index (χ0n) is 16.9. The van der Waals surface area contributed by atoms with E-state index in [0.717, 1.165) is 21.3 Å². The molecule has 4 aromatic rings. The molecule has 0 radical (unpaired) electrons. The molecule has 0 aliphatic rings. The Morgan fingerprint density at radius 2 is 1.73 bits per heavy atom. The van der Waals surface area contributed by atoms with E-state index in [2.05, 4.69) is 11.1 Å². The summed E-state index contributed by atoms with van der Waals surface area (Å²) in [5.41, 5.74) is 3.06. The van der Waals surface area contributed by atoms with Gasteiger partial charge < -0.3 is 4.57 Å². The minimum Gasteiger partial charge on any atom is -0.309 e. The lowest BCUT2D eigenvalue weighted by Gasteiger charge is -2.10. The molecule has 0 aliphatic carbocycles. The van der Waals surface area contributed by atoms with Crippen LogP contribution in [0.5, 0.6) is 0 Å². The number of thioether (sulfide) groups is 1. The highest BCUT2D eigenvalue weighted by atomic mass is 32.2. The van der Waals surface area contributed by atoms with Gasteiger partial charge in [-0.3, -0.25) is 13.9 Å². The first-order chi connectivity index (χ1) is 14.3. The molecule has 0 saturated carbocycles. The summed E-state index contributed by atoms with van der Waals surface area (Å²) >= 11 is 1.45. The Kier molecular flexibility index (Phi) is 5.34. The molecule has 2 aromatic carbocycles. The van der Waals surface area contributed by atoms with Crippen LogP contribution in [0.4, 0.5) is 4.39 Å². The lowest BCUT2D eigenvalue weighted by Crippen LogP contribution is -2.37. The van der Waals surface area contributed by atoms with Crippen molar-refractivity contribution in [3.8, 4) is 0 Å². The summed E-state index contributed by atoms with van der Waals surface area (Å²) < 4.78 is 17.6. The lowest BCUT2D eigenvalue weighted by molar-refractivity contribution is 0.627. The molecule has 0 amide bonds. The topological polar surface area (TPSA) is 61.8 Å². The number of halogens is 1. The molecule has 0 saturated heterocycles. The summed E-state index contributed by atoms with van der Waals surface area (Å²) in [7, 11) is 3.09.